The highest BCUT2D eigenvalue weighted by molar-refractivity contribution is 6.33. The van der Waals surface area contributed by atoms with Crippen LogP contribution in [0.4, 0.5) is 0 Å². The molecule has 0 unspecified atom stereocenters. The van der Waals surface area contributed by atoms with Gasteiger partial charge in [-0.2, -0.15) is 0 Å². The van der Waals surface area contributed by atoms with Gasteiger partial charge in [-0.25, -0.2) is 0 Å². The van der Waals surface area contributed by atoms with Crippen molar-refractivity contribution in [3.63, 3.8) is 0 Å². The van der Waals surface area contributed by atoms with E-state index in [4.69, 9.17) is 21.3 Å². The van der Waals surface area contributed by atoms with Gasteiger partial charge in [0.2, 0.25) is 0 Å². The third kappa shape index (κ3) is 3.00. The van der Waals surface area contributed by atoms with Gasteiger partial charge >= 0.3 is 0 Å². The molecule has 3 nitrogen and oxygen atoms in total. The third-order valence-corrected chi connectivity index (χ3v) is 4.63. The molecule has 3 aromatic rings. The van der Waals surface area contributed by atoms with Crippen molar-refractivity contribution in [3.05, 3.63) is 70.4 Å². The topological polar surface area (TPSA) is 34.5 Å². The van der Waals surface area contributed by atoms with Gasteiger partial charge in [0.1, 0.15) is 11.4 Å². The summed E-state index contributed by atoms with van der Waals surface area (Å²) in [4.78, 5) is 9.46. The Balaban J connectivity index is 1.93. The molecule has 1 aliphatic rings. The van der Waals surface area contributed by atoms with E-state index in [2.05, 4.69) is 30.1 Å². The first kappa shape index (κ1) is 16.1. The zero-order valence-electron chi connectivity index (χ0n) is 14.5. The number of aryl methyl sites for hydroxylation is 1. The molecule has 0 amide bonds. The monoisotopic (exact) mass is 350 g/mol. The Labute approximate surface area is 152 Å². The number of halogens is 1. The lowest BCUT2D eigenvalue weighted by molar-refractivity contribution is 0.121. The lowest BCUT2D eigenvalue weighted by atomic mass is 10.0. The van der Waals surface area contributed by atoms with E-state index in [9.17, 15) is 0 Å². The van der Waals surface area contributed by atoms with Crippen molar-refractivity contribution in [1.82, 2.24) is 4.98 Å². The number of fused-ring (bicyclic) bond motifs is 2. The highest BCUT2D eigenvalue weighted by Gasteiger charge is 2.28. The molecule has 2 aromatic carbocycles. The van der Waals surface area contributed by atoms with Crippen molar-refractivity contribution in [2.75, 3.05) is 6.54 Å². The van der Waals surface area contributed by atoms with Crippen LogP contribution >= 0.6 is 11.6 Å². The van der Waals surface area contributed by atoms with Crippen LogP contribution in [0.25, 0.3) is 10.9 Å². The summed E-state index contributed by atoms with van der Waals surface area (Å²) in [6, 6.07) is 14.2. The van der Waals surface area contributed by atoms with Crippen molar-refractivity contribution in [2.45, 2.75) is 26.4 Å². The van der Waals surface area contributed by atoms with Gasteiger partial charge in [-0.1, -0.05) is 29.3 Å². The van der Waals surface area contributed by atoms with Crippen molar-refractivity contribution in [3.8, 4) is 5.75 Å². The number of aliphatic imine (C=N–C) groups is 1. The number of benzene rings is 2. The maximum atomic E-state index is 6.41. The van der Waals surface area contributed by atoms with Gasteiger partial charge in [-0.3, -0.25) is 9.98 Å². The van der Waals surface area contributed by atoms with Crippen LogP contribution in [0, 0.1) is 6.92 Å². The van der Waals surface area contributed by atoms with Crippen LogP contribution in [-0.2, 0) is 0 Å². The van der Waals surface area contributed by atoms with E-state index in [1.54, 1.807) is 0 Å². The lowest BCUT2D eigenvalue weighted by Crippen LogP contribution is -2.31. The number of hydrogen-bond donors (Lipinski definition) is 0. The van der Waals surface area contributed by atoms with E-state index in [0.29, 0.717) is 17.3 Å². The van der Waals surface area contributed by atoms with Crippen LogP contribution in [0.3, 0.4) is 0 Å². The van der Waals surface area contributed by atoms with E-state index in [0.717, 1.165) is 27.7 Å². The molecule has 0 saturated carbocycles. The van der Waals surface area contributed by atoms with E-state index < -0.39 is 5.60 Å². The molecule has 1 aliphatic heterocycles. The smallest absolute Gasteiger partial charge is 0.148 e. The Morgan fingerprint density at radius 3 is 2.80 bits per heavy atom. The number of nitrogens with zero attached hydrogens (tertiary/aromatic N) is 2. The Hall–Kier alpha value is -2.39. The molecular weight excluding hydrogens is 332 g/mol. The first-order valence-corrected chi connectivity index (χ1v) is 8.70. The fraction of sp³-hybridized carbons (Fsp3) is 0.238. The average molecular weight is 351 g/mol. The molecule has 1 aromatic heterocycles. The molecule has 4 rings (SSSR count). The summed E-state index contributed by atoms with van der Waals surface area (Å²) in [5, 5.41) is 1.71. The highest BCUT2D eigenvalue weighted by Crippen LogP contribution is 2.36. The van der Waals surface area contributed by atoms with E-state index in [-0.39, 0.29) is 0 Å². The fourth-order valence-electron chi connectivity index (χ4n) is 3.09. The van der Waals surface area contributed by atoms with Gasteiger partial charge in [0.15, 0.2) is 0 Å². The van der Waals surface area contributed by atoms with E-state index >= 15 is 0 Å². The zero-order valence-corrected chi connectivity index (χ0v) is 15.3. The molecule has 0 bridgehead atoms. The fourth-order valence-corrected chi connectivity index (χ4v) is 3.30. The maximum absolute atomic E-state index is 6.41. The minimum atomic E-state index is -0.414. The van der Waals surface area contributed by atoms with Gasteiger partial charge in [-0.05, 0) is 51.1 Å². The van der Waals surface area contributed by atoms with Gasteiger partial charge in [-0.15, -0.1) is 0 Å². The van der Waals surface area contributed by atoms with Gasteiger partial charge in [0.25, 0.3) is 0 Å². The summed E-state index contributed by atoms with van der Waals surface area (Å²) >= 11 is 6.41. The van der Waals surface area contributed by atoms with Gasteiger partial charge < -0.3 is 4.74 Å². The molecule has 0 N–H and O–H groups in total. The molecule has 2 heterocycles. The number of pyridine rings is 1. The molecule has 4 heteroatoms. The predicted molar refractivity (Wildman–Crippen MR) is 103 cm³/mol. The van der Waals surface area contributed by atoms with Crippen LogP contribution in [0.1, 0.15) is 30.5 Å². The lowest BCUT2D eigenvalue weighted by Gasteiger charge is -2.24. The SMILES string of the molecule is Cc1ccc2ncc(C3=NCC(C)(C)Oc4c(Cl)cccc43)cc2c1. The molecule has 0 aliphatic carbocycles. The van der Waals surface area contributed by atoms with Crippen LogP contribution in [0.2, 0.25) is 5.02 Å². The molecule has 0 radical (unpaired) electrons. The largest absolute Gasteiger partial charge is 0.484 e. The zero-order chi connectivity index (χ0) is 17.6. The molecule has 0 spiro atoms. The predicted octanol–water partition coefficient (Wildman–Crippen LogP) is 5.21. The third-order valence-electron chi connectivity index (χ3n) is 4.33. The number of rotatable bonds is 1. The Bertz CT molecular complexity index is 1010. The summed E-state index contributed by atoms with van der Waals surface area (Å²) in [5.41, 5.74) is 4.53. The number of hydrogen-bond acceptors (Lipinski definition) is 3. The van der Waals surface area contributed by atoms with E-state index in [1.165, 1.54) is 5.56 Å². The van der Waals surface area contributed by atoms with Gasteiger partial charge in [0.05, 0.1) is 22.8 Å². The second kappa shape index (κ2) is 5.85. The van der Waals surface area contributed by atoms with Crippen molar-refractivity contribution in [1.29, 1.82) is 0 Å². The Morgan fingerprint density at radius 2 is 1.96 bits per heavy atom. The molecule has 0 saturated heterocycles. The van der Waals surface area contributed by atoms with Crippen molar-refractivity contribution >= 4 is 28.2 Å². The molecule has 0 fully saturated rings. The second-order valence-electron chi connectivity index (χ2n) is 7.06. The first-order valence-electron chi connectivity index (χ1n) is 8.32. The quantitative estimate of drug-likeness (QED) is 0.604. The van der Waals surface area contributed by atoms with Crippen LogP contribution in [0.15, 0.2) is 53.7 Å². The number of para-hydroxylation sites is 1. The minimum absolute atomic E-state index is 0.414. The summed E-state index contributed by atoms with van der Waals surface area (Å²) in [5.74, 6) is 0.690. The Kier molecular flexibility index (Phi) is 3.77. The number of ether oxygens (including phenoxy) is 1. The minimum Gasteiger partial charge on any atom is -0.484 e. The van der Waals surface area contributed by atoms with Crippen LogP contribution in [0.5, 0.6) is 5.75 Å². The highest BCUT2D eigenvalue weighted by atomic mass is 35.5. The summed E-state index contributed by atoms with van der Waals surface area (Å²) in [7, 11) is 0. The summed E-state index contributed by atoms with van der Waals surface area (Å²) < 4.78 is 6.17. The second-order valence-corrected chi connectivity index (χ2v) is 7.47. The normalized spacial score (nSPS) is 15.9. The van der Waals surface area contributed by atoms with E-state index in [1.807, 2.05) is 44.3 Å². The average Bonchev–Trinajstić information content (AvgIpc) is 2.71. The van der Waals surface area contributed by atoms with Crippen molar-refractivity contribution < 1.29 is 4.74 Å². The molecule has 0 atom stereocenters. The number of aromatic nitrogens is 1. The molecular formula is C21H19ClN2O. The van der Waals surface area contributed by atoms with Crippen LogP contribution < -0.4 is 4.74 Å². The summed E-state index contributed by atoms with van der Waals surface area (Å²) in [6.45, 7) is 6.68. The van der Waals surface area contributed by atoms with Crippen LogP contribution in [-0.4, -0.2) is 22.8 Å². The molecule has 126 valence electrons. The van der Waals surface area contributed by atoms with Gasteiger partial charge in [0, 0.05) is 22.7 Å². The molecule has 25 heavy (non-hydrogen) atoms. The summed E-state index contributed by atoms with van der Waals surface area (Å²) in [6.07, 6.45) is 1.87. The maximum Gasteiger partial charge on any atom is 0.148 e. The Morgan fingerprint density at radius 1 is 1.12 bits per heavy atom. The standard InChI is InChI=1S/C21H19ClN2O/c1-13-7-8-18-14(9-13)10-15(11-23-18)19-16-5-4-6-17(22)20(16)25-21(2,3)12-24-19/h4-11H,12H2,1-3H3. The van der Waals surface area contributed by atoms with Crippen molar-refractivity contribution in [2.24, 2.45) is 4.99 Å². The first-order chi connectivity index (χ1) is 11.9.